The largest absolute Gasteiger partial charge is 0.480 e. The smallest absolute Gasteiger partial charge is 0.317 e. The lowest BCUT2D eigenvalue weighted by molar-refractivity contribution is -0.138. The third-order valence-electron chi connectivity index (χ3n) is 5.15. The minimum Gasteiger partial charge on any atom is -0.480 e. The fourth-order valence-electron chi connectivity index (χ4n) is 3.75. The summed E-state index contributed by atoms with van der Waals surface area (Å²) in [6, 6.07) is 0. The number of likely N-dealkylation sites (tertiary alicyclic amines) is 2. The van der Waals surface area contributed by atoms with Gasteiger partial charge in [-0.25, -0.2) is 0 Å². The van der Waals surface area contributed by atoms with Gasteiger partial charge < -0.3 is 14.8 Å². The Bertz CT molecular complexity index is 568. The van der Waals surface area contributed by atoms with Gasteiger partial charge in [0.1, 0.15) is 11.6 Å². The van der Waals surface area contributed by atoms with E-state index >= 15 is 0 Å². The molecule has 0 saturated carbocycles. The van der Waals surface area contributed by atoms with Crippen LogP contribution in [0.25, 0.3) is 0 Å². The molecule has 2 fully saturated rings. The first-order valence-corrected chi connectivity index (χ1v) is 8.75. The van der Waals surface area contributed by atoms with E-state index in [9.17, 15) is 9.90 Å². The number of aliphatic hydroxyl groups is 1. The molecular weight excluding hydrogens is 310 g/mol. The Morgan fingerprint density at radius 2 is 1.92 bits per heavy atom. The molecule has 1 atom stereocenters. The van der Waals surface area contributed by atoms with Crippen LogP contribution in [-0.2, 0) is 18.4 Å². The van der Waals surface area contributed by atoms with Crippen molar-refractivity contribution < 1.29 is 15.0 Å². The van der Waals surface area contributed by atoms with Crippen molar-refractivity contribution in [3.8, 4) is 0 Å². The molecule has 0 aliphatic carbocycles. The third-order valence-corrected chi connectivity index (χ3v) is 5.15. The molecule has 0 amide bonds. The van der Waals surface area contributed by atoms with Gasteiger partial charge in [-0.1, -0.05) is 0 Å². The zero-order valence-electron chi connectivity index (χ0n) is 14.3. The summed E-state index contributed by atoms with van der Waals surface area (Å²) >= 11 is 0. The molecule has 2 N–H and O–H groups in total. The van der Waals surface area contributed by atoms with E-state index in [0.29, 0.717) is 0 Å². The topological polar surface area (TPSA) is 94.7 Å². The van der Waals surface area contributed by atoms with E-state index in [-0.39, 0.29) is 18.6 Å². The zero-order valence-corrected chi connectivity index (χ0v) is 14.3. The molecule has 0 radical (unpaired) electrons. The monoisotopic (exact) mass is 337 g/mol. The van der Waals surface area contributed by atoms with Crippen LogP contribution in [0.4, 0.5) is 0 Å². The highest BCUT2D eigenvalue weighted by Gasteiger charge is 2.27. The Hall–Kier alpha value is -1.51. The molecule has 134 valence electrons. The molecule has 2 saturated heterocycles. The number of hydrogen-bond acceptors (Lipinski definition) is 6. The molecule has 3 heterocycles. The van der Waals surface area contributed by atoms with Crippen molar-refractivity contribution in [3.63, 3.8) is 0 Å². The van der Waals surface area contributed by atoms with E-state index < -0.39 is 5.97 Å². The van der Waals surface area contributed by atoms with Gasteiger partial charge in [0.05, 0.1) is 19.2 Å². The number of aliphatic hydroxyl groups excluding tert-OH is 1. The zero-order chi connectivity index (χ0) is 17.1. The number of hydrogen-bond donors (Lipinski definition) is 2. The van der Waals surface area contributed by atoms with Crippen LogP contribution in [0.2, 0.25) is 0 Å². The van der Waals surface area contributed by atoms with Crippen molar-refractivity contribution in [1.29, 1.82) is 0 Å². The lowest BCUT2D eigenvalue weighted by Gasteiger charge is -2.31. The van der Waals surface area contributed by atoms with Crippen LogP contribution in [0.5, 0.6) is 0 Å². The van der Waals surface area contributed by atoms with Gasteiger partial charge in [-0.2, -0.15) is 0 Å². The summed E-state index contributed by atoms with van der Waals surface area (Å²) in [4.78, 5) is 15.2. The molecule has 8 nitrogen and oxygen atoms in total. The first-order valence-electron chi connectivity index (χ1n) is 8.75. The Balaban J connectivity index is 1.62. The lowest BCUT2D eigenvalue weighted by atomic mass is 9.97. The number of aromatic nitrogens is 3. The van der Waals surface area contributed by atoms with Crippen LogP contribution in [0.3, 0.4) is 0 Å². The van der Waals surface area contributed by atoms with Gasteiger partial charge in [0, 0.05) is 32.6 Å². The minimum absolute atomic E-state index is 0.0946. The molecule has 24 heavy (non-hydrogen) atoms. The Kier molecular flexibility index (Phi) is 5.47. The number of piperidine rings is 2. The van der Waals surface area contributed by atoms with E-state index in [4.69, 9.17) is 5.11 Å². The van der Waals surface area contributed by atoms with Crippen LogP contribution in [-0.4, -0.2) is 79.6 Å². The number of nitrogens with zero attached hydrogens (tertiary/aromatic N) is 5. The number of rotatable bonds is 5. The quantitative estimate of drug-likeness (QED) is 0.783. The summed E-state index contributed by atoms with van der Waals surface area (Å²) in [5, 5.41) is 27.3. The standard InChI is InChI=1S/C16H27N5O3/c1-19-14(10-20-7-4-13(22)5-8-20)17-18-16(19)12-3-2-6-21(9-12)11-15(23)24/h12-13,22H,2-11H2,1H3,(H,23,24)/t12-/m1/s1. The average Bonchev–Trinajstić information content (AvgIpc) is 2.90. The highest BCUT2D eigenvalue weighted by Crippen LogP contribution is 2.26. The maximum absolute atomic E-state index is 10.9. The summed E-state index contributed by atoms with van der Waals surface area (Å²) < 4.78 is 2.07. The van der Waals surface area contributed by atoms with Gasteiger partial charge in [-0.05, 0) is 32.2 Å². The second kappa shape index (κ2) is 7.58. The van der Waals surface area contributed by atoms with E-state index in [1.807, 2.05) is 11.9 Å². The average molecular weight is 337 g/mol. The van der Waals surface area contributed by atoms with Crippen LogP contribution < -0.4 is 0 Å². The molecule has 0 aromatic carbocycles. The molecule has 3 rings (SSSR count). The van der Waals surface area contributed by atoms with Crippen molar-refractivity contribution in [2.45, 2.75) is 44.2 Å². The second-order valence-electron chi connectivity index (χ2n) is 7.01. The van der Waals surface area contributed by atoms with Crippen molar-refractivity contribution in [1.82, 2.24) is 24.6 Å². The third kappa shape index (κ3) is 4.12. The summed E-state index contributed by atoms with van der Waals surface area (Å²) in [6.07, 6.45) is 3.48. The fourth-order valence-corrected chi connectivity index (χ4v) is 3.75. The number of aliphatic carboxylic acids is 1. The first-order chi connectivity index (χ1) is 11.5. The van der Waals surface area contributed by atoms with Crippen molar-refractivity contribution >= 4 is 5.97 Å². The molecule has 1 aromatic heterocycles. The molecule has 2 aliphatic rings. The molecular formula is C16H27N5O3. The van der Waals surface area contributed by atoms with Gasteiger partial charge in [0.25, 0.3) is 0 Å². The Morgan fingerprint density at radius 1 is 1.17 bits per heavy atom. The number of carboxylic acids is 1. The summed E-state index contributed by atoms with van der Waals surface area (Å²) in [6.45, 7) is 4.19. The van der Waals surface area contributed by atoms with Crippen molar-refractivity contribution in [2.75, 3.05) is 32.7 Å². The number of carbonyl (C=O) groups is 1. The summed E-state index contributed by atoms with van der Waals surface area (Å²) in [5.74, 6) is 1.36. The van der Waals surface area contributed by atoms with Crippen LogP contribution in [0, 0.1) is 0 Å². The fraction of sp³-hybridized carbons (Fsp3) is 0.812. The number of carboxylic acid groups (broad SMARTS) is 1. The van der Waals surface area contributed by atoms with E-state index in [1.54, 1.807) is 0 Å². The predicted octanol–water partition coefficient (Wildman–Crippen LogP) is 0.0358. The molecule has 1 aromatic rings. The maximum atomic E-state index is 10.9. The second-order valence-corrected chi connectivity index (χ2v) is 7.01. The highest BCUT2D eigenvalue weighted by molar-refractivity contribution is 5.69. The van der Waals surface area contributed by atoms with E-state index in [2.05, 4.69) is 19.7 Å². The summed E-state index contributed by atoms with van der Waals surface area (Å²) in [5.41, 5.74) is 0. The molecule has 0 bridgehead atoms. The van der Waals surface area contributed by atoms with E-state index in [0.717, 1.165) is 70.1 Å². The first kappa shape index (κ1) is 17.3. The SMILES string of the molecule is Cn1c(CN2CCC(O)CC2)nnc1[C@@H]1CCCN(CC(=O)O)C1. The van der Waals surface area contributed by atoms with Crippen LogP contribution >= 0.6 is 0 Å². The maximum Gasteiger partial charge on any atom is 0.317 e. The normalized spacial score (nSPS) is 24.3. The molecule has 0 spiro atoms. The van der Waals surface area contributed by atoms with Crippen molar-refractivity contribution in [3.05, 3.63) is 11.6 Å². The predicted molar refractivity (Wildman–Crippen MR) is 87.6 cm³/mol. The molecule has 2 aliphatic heterocycles. The Labute approximate surface area is 142 Å². The van der Waals surface area contributed by atoms with Crippen LogP contribution in [0.15, 0.2) is 0 Å². The minimum atomic E-state index is -0.776. The summed E-state index contributed by atoms with van der Waals surface area (Å²) in [7, 11) is 2.00. The van der Waals surface area contributed by atoms with Gasteiger partial charge >= 0.3 is 5.97 Å². The molecule has 8 heteroatoms. The highest BCUT2D eigenvalue weighted by atomic mass is 16.4. The van der Waals surface area contributed by atoms with Gasteiger partial charge in [0.15, 0.2) is 0 Å². The lowest BCUT2D eigenvalue weighted by Crippen LogP contribution is -2.38. The Morgan fingerprint density at radius 3 is 2.62 bits per heavy atom. The van der Waals surface area contributed by atoms with Crippen LogP contribution in [0.1, 0.15) is 43.3 Å². The van der Waals surface area contributed by atoms with Gasteiger partial charge in [0.2, 0.25) is 0 Å². The van der Waals surface area contributed by atoms with Crippen molar-refractivity contribution in [2.24, 2.45) is 7.05 Å². The van der Waals surface area contributed by atoms with E-state index in [1.165, 1.54) is 0 Å². The molecule has 0 unspecified atom stereocenters. The van der Waals surface area contributed by atoms with Gasteiger partial charge in [-0.15, -0.1) is 10.2 Å². The van der Waals surface area contributed by atoms with Gasteiger partial charge in [-0.3, -0.25) is 14.6 Å².